The molecular weight excluding hydrogens is 274 g/mol. The first-order chi connectivity index (χ1) is 9.78. The zero-order valence-corrected chi connectivity index (χ0v) is 12.0. The third kappa shape index (κ3) is 2.60. The van der Waals surface area contributed by atoms with Crippen LogP contribution in [0.15, 0.2) is 42.5 Å². The molecule has 0 radical (unpaired) electrons. The summed E-state index contributed by atoms with van der Waals surface area (Å²) in [7, 11) is 0. The van der Waals surface area contributed by atoms with Gasteiger partial charge in [0.1, 0.15) is 0 Å². The SMILES string of the molecule is CCNC(c1ccc(Cl)cc1)c1ccc2c(c1)OCO2. The normalized spacial score (nSPS) is 14.3. The molecule has 0 saturated heterocycles. The van der Waals surface area contributed by atoms with Crippen molar-refractivity contribution in [3.8, 4) is 11.5 Å². The zero-order valence-electron chi connectivity index (χ0n) is 11.2. The van der Waals surface area contributed by atoms with E-state index in [0.717, 1.165) is 28.6 Å². The third-order valence-corrected chi connectivity index (χ3v) is 3.59. The molecule has 0 bridgehead atoms. The molecule has 0 saturated carbocycles. The summed E-state index contributed by atoms with van der Waals surface area (Å²) < 4.78 is 10.8. The van der Waals surface area contributed by atoms with Gasteiger partial charge in [0, 0.05) is 5.02 Å². The second kappa shape index (κ2) is 5.73. The zero-order chi connectivity index (χ0) is 13.9. The molecule has 1 aliphatic heterocycles. The topological polar surface area (TPSA) is 30.5 Å². The monoisotopic (exact) mass is 289 g/mol. The summed E-state index contributed by atoms with van der Waals surface area (Å²) in [6.45, 7) is 3.27. The number of fused-ring (bicyclic) bond motifs is 1. The number of nitrogens with one attached hydrogen (secondary N) is 1. The second-order valence-electron chi connectivity index (χ2n) is 4.65. The van der Waals surface area contributed by atoms with Crippen LogP contribution < -0.4 is 14.8 Å². The lowest BCUT2D eigenvalue weighted by Crippen LogP contribution is -2.21. The number of benzene rings is 2. The van der Waals surface area contributed by atoms with Crippen LogP contribution in [0.4, 0.5) is 0 Å². The number of hydrogen-bond acceptors (Lipinski definition) is 3. The van der Waals surface area contributed by atoms with Crippen molar-refractivity contribution in [2.45, 2.75) is 13.0 Å². The Kier molecular flexibility index (Phi) is 3.81. The smallest absolute Gasteiger partial charge is 0.231 e. The Balaban J connectivity index is 1.95. The number of rotatable bonds is 4. The first-order valence-electron chi connectivity index (χ1n) is 6.66. The minimum atomic E-state index is 0.117. The molecule has 0 spiro atoms. The largest absolute Gasteiger partial charge is 0.454 e. The maximum Gasteiger partial charge on any atom is 0.231 e. The maximum absolute atomic E-state index is 5.96. The van der Waals surface area contributed by atoms with Crippen LogP contribution in [0.2, 0.25) is 5.02 Å². The van der Waals surface area contributed by atoms with E-state index < -0.39 is 0 Å². The van der Waals surface area contributed by atoms with Crippen molar-refractivity contribution in [2.24, 2.45) is 0 Å². The first kappa shape index (κ1) is 13.3. The Labute approximate surface area is 123 Å². The Bertz CT molecular complexity index is 598. The second-order valence-corrected chi connectivity index (χ2v) is 5.09. The molecule has 3 rings (SSSR count). The van der Waals surface area contributed by atoms with E-state index in [0.29, 0.717) is 6.79 Å². The minimum absolute atomic E-state index is 0.117. The van der Waals surface area contributed by atoms with Crippen molar-refractivity contribution in [3.05, 3.63) is 58.6 Å². The van der Waals surface area contributed by atoms with Crippen molar-refractivity contribution in [1.29, 1.82) is 0 Å². The van der Waals surface area contributed by atoms with Crippen LogP contribution in [0.5, 0.6) is 11.5 Å². The van der Waals surface area contributed by atoms with Crippen LogP contribution in [0, 0.1) is 0 Å². The summed E-state index contributed by atoms with van der Waals surface area (Å²) in [5, 5.41) is 4.23. The molecule has 1 N–H and O–H groups in total. The summed E-state index contributed by atoms with van der Waals surface area (Å²) in [6.07, 6.45) is 0. The molecule has 2 aromatic carbocycles. The molecule has 1 aliphatic rings. The fraction of sp³-hybridized carbons (Fsp3) is 0.250. The van der Waals surface area contributed by atoms with Gasteiger partial charge >= 0.3 is 0 Å². The van der Waals surface area contributed by atoms with Gasteiger partial charge in [0.2, 0.25) is 6.79 Å². The average molecular weight is 290 g/mol. The van der Waals surface area contributed by atoms with Crippen molar-refractivity contribution in [3.63, 3.8) is 0 Å². The quantitative estimate of drug-likeness (QED) is 0.929. The molecule has 0 aromatic heterocycles. The van der Waals surface area contributed by atoms with Crippen molar-refractivity contribution >= 4 is 11.6 Å². The van der Waals surface area contributed by atoms with E-state index in [2.05, 4.69) is 18.3 Å². The van der Waals surface area contributed by atoms with Crippen LogP contribution in [-0.2, 0) is 0 Å². The van der Waals surface area contributed by atoms with E-state index in [9.17, 15) is 0 Å². The molecule has 3 nitrogen and oxygen atoms in total. The van der Waals surface area contributed by atoms with E-state index in [-0.39, 0.29) is 6.04 Å². The van der Waals surface area contributed by atoms with E-state index in [1.54, 1.807) is 0 Å². The first-order valence-corrected chi connectivity index (χ1v) is 7.04. The van der Waals surface area contributed by atoms with Gasteiger partial charge in [-0.3, -0.25) is 0 Å². The van der Waals surface area contributed by atoms with E-state index in [4.69, 9.17) is 21.1 Å². The number of halogens is 1. The van der Waals surface area contributed by atoms with Gasteiger partial charge in [0.15, 0.2) is 11.5 Å². The fourth-order valence-electron chi connectivity index (χ4n) is 2.38. The molecule has 1 atom stereocenters. The van der Waals surface area contributed by atoms with Crippen molar-refractivity contribution in [2.75, 3.05) is 13.3 Å². The molecule has 20 heavy (non-hydrogen) atoms. The van der Waals surface area contributed by atoms with Gasteiger partial charge in [0.05, 0.1) is 6.04 Å². The predicted molar refractivity (Wildman–Crippen MR) is 79.5 cm³/mol. The average Bonchev–Trinajstić information content (AvgIpc) is 2.93. The predicted octanol–water partition coefficient (Wildman–Crippen LogP) is 3.77. The lowest BCUT2D eigenvalue weighted by molar-refractivity contribution is 0.174. The summed E-state index contributed by atoms with van der Waals surface area (Å²) >= 11 is 5.96. The highest BCUT2D eigenvalue weighted by Crippen LogP contribution is 2.35. The molecule has 2 aromatic rings. The van der Waals surface area contributed by atoms with Gasteiger partial charge < -0.3 is 14.8 Å². The molecule has 0 amide bonds. The molecule has 104 valence electrons. The molecule has 0 fully saturated rings. The van der Waals surface area contributed by atoms with Gasteiger partial charge in [0.25, 0.3) is 0 Å². The van der Waals surface area contributed by atoms with Crippen LogP contribution in [0.25, 0.3) is 0 Å². The summed E-state index contributed by atoms with van der Waals surface area (Å²) in [4.78, 5) is 0. The van der Waals surface area contributed by atoms with Crippen LogP contribution in [-0.4, -0.2) is 13.3 Å². The molecular formula is C16H16ClNO2. The van der Waals surface area contributed by atoms with Gasteiger partial charge in [-0.05, 0) is 41.9 Å². The molecule has 1 unspecified atom stereocenters. The van der Waals surface area contributed by atoms with Gasteiger partial charge in [-0.15, -0.1) is 0 Å². The lowest BCUT2D eigenvalue weighted by atomic mass is 9.98. The molecule has 4 heteroatoms. The van der Waals surface area contributed by atoms with E-state index in [1.807, 2.05) is 36.4 Å². The van der Waals surface area contributed by atoms with Crippen LogP contribution in [0.1, 0.15) is 24.1 Å². The van der Waals surface area contributed by atoms with Crippen LogP contribution >= 0.6 is 11.6 Å². The van der Waals surface area contributed by atoms with Crippen LogP contribution in [0.3, 0.4) is 0 Å². The number of ether oxygens (including phenoxy) is 2. The standard InChI is InChI=1S/C16H16ClNO2/c1-2-18-16(11-3-6-13(17)7-4-11)12-5-8-14-15(9-12)20-10-19-14/h3-9,16,18H,2,10H2,1H3. The maximum atomic E-state index is 5.96. The van der Waals surface area contributed by atoms with E-state index in [1.165, 1.54) is 5.56 Å². The minimum Gasteiger partial charge on any atom is -0.454 e. The Morgan fingerprint density at radius 2 is 1.75 bits per heavy atom. The fourth-order valence-corrected chi connectivity index (χ4v) is 2.51. The van der Waals surface area contributed by atoms with Gasteiger partial charge in [-0.1, -0.05) is 36.7 Å². The number of hydrogen-bond donors (Lipinski definition) is 1. The van der Waals surface area contributed by atoms with Crippen molar-refractivity contribution < 1.29 is 9.47 Å². The Morgan fingerprint density at radius 1 is 1.05 bits per heavy atom. The van der Waals surface area contributed by atoms with Crippen molar-refractivity contribution in [1.82, 2.24) is 5.32 Å². The highest BCUT2D eigenvalue weighted by atomic mass is 35.5. The Morgan fingerprint density at radius 3 is 2.50 bits per heavy atom. The highest BCUT2D eigenvalue weighted by Gasteiger charge is 2.18. The van der Waals surface area contributed by atoms with Gasteiger partial charge in [-0.25, -0.2) is 0 Å². The molecule has 0 aliphatic carbocycles. The van der Waals surface area contributed by atoms with Gasteiger partial charge in [-0.2, -0.15) is 0 Å². The summed E-state index contributed by atoms with van der Waals surface area (Å²) in [5.41, 5.74) is 2.33. The van der Waals surface area contributed by atoms with E-state index >= 15 is 0 Å². The highest BCUT2D eigenvalue weighted by molar-refractivity contribution is 6.30. The third-order valence-electron chi connectivity index (χ3n) is 3.34. The lowest BCUT2D eigenvalue weighted by Gasteiger charge is -2.19. The Hall–Kier alpha value is -1.71. The summed E-state index contributed by atoms with van der Waals surface area (Å²) in [5.74, 6) is 1.61. The summed E-state index contributed by atoms with van der Waals surface area (Å²) in [6, 6.07) is 14.1. The molecule has 1 heterocycles.